The first-order valence-electron chi connectivity index (χ1n) is 12.3. The van der Waals surface area contributed by atoms with Crippen LogP contribution in [0.3, 0.4) is 0 Å². The topological polar surface area (TPSA) is 60.0 Å². The maximum Gasteiger partial charge on any atom is 0.387 e. The molecule has 1 fully saturated rings. The predicted octanol–water partition coefficient (Wildman–Crippen LogP) is 8.15. The summed E-state index contributed by atoms with van der Waals surface area (Å²) in [7, 11) is 1.24. The smallest absolute Gasteiger partial charge is 0.387 e. The Bertz CT molecular complexity index is 944. The summed E-state index contributed by atoms with van der Waals surface area (Å²) >= 11 is 12.2. The van der Waals surface area contributed by atoms with Crippen molar-refractivity contribution in [2.24, 2.45) is 0 Å². The average molecular weight is 569 g/mol. The lowest BCUT2D eigenvalue weighted by molar-refractivity contribution is -0.0497. The van der Waals surface area contributed by atoms with Crippen LogP contribution in [-0.2, 0) is 4.84 Å². The van der Waals surface area contributed by atoms with Crippen molar-refractivity contribution in [3.63, 3.8) is 0 Å². The number of anilines is 1. The number of halogens is 5. The van der Waals surface area contributed by atoms with Gasteiger partial charge in [-0.1, -0.05) is 64.7 Å². The zero-order valence-electron chi connectivity index (χ0n) is 22.3. The maximum atomic E-state index is 14.3. The lowest BCUT2D eigenvalue weighted by Gasteiger charge is -2.34. The molecule has 1 N–H and O–H groups in total. The number of benzene rings is 2. The van der Waals surface area contributed by atoms with Gasteiger partial charge >= 0.3 is 6.61 Å². The minimum atomic E-state index is -2.95. The van der Waals surface area contributed by atoms with Gasteiger partial charge < -0.3 is 14.4 Å². The van der Waals surface area contributed by atoms with E-state index in [1.54, 1.807) is 12.1 Å². The normalized spacial score (nSPS) is 12.7. The molecule has 0 unspecified atom stereocenters. The molecule has 0 atom stereocenters. The molecule has 6 nitrogen and oxygen atoms in total. The molecule has 0 aliphatic carbocycles. The van der Waals surface area contributed by atoms with Gasteiger partial charge in [-0.05, 0) is 24.3 Å². The number of nitrogens with zero attached hydrogens (tertiary/aromatic N) is 1. The molecule has 0 bridgehead atoms. The monoisotopic (exact) mass is 568 g/mol. The third kappa shape index (κ3) is 10.9. The average Bonchev–Trinajstić information content (AvgIpc) is 2.91. The number of carbonyl (C=O) groups excluding carboxylic acids is 1. The first-order valence-corrected chi connectivity index (χ1v) is 13.0. The number of piperidine rings is 1. The second-order valence-corrected chi connectivity index (χ2v) is 7.51. The molecule has 2 aromatic carbocycles. The van der Waals surface area contributed by atoms with Gasteiger partial charge in [-0.25, -0.2) is 9.87 Å². The predicted molar refractivity (Wildman–Crippen MR) is 144 cm³/mol. The number of amides is 1. The molecule has 0 aromatic heterocycles. The minimum absolute atomic E-state index is 0.0852. The Morgan fingerprint density at radius 1 is 0.973 bits per heavy atom. The number of rotatable bonds is 7. The van der Waals surface area contributed by atoms with Gasteiger partial charge in [0, 0.05) is 37.7 Å². The molecule has 0 saturated carbocycles. The van der Waals surface area contributed by atoms with Crippen molar-refractivity contribution in [1.29, 1.82) is 0 Å². The highest BCUT2D eigenvalue weighted by molar-refractivity contribution is 6.32. The lowest BCUT2D eigenvalue weighted by Crippen LogP contribution is -2.38. The Morgan fingerprint density at radius 3 is 2.05 bits per heavy atom. The van der Waals surface area contributed by atoms with E-state index in [4.69, 9.17) is 27.9 Å². The van der Waals surface area contributed by atoms with E-state index in [2.05, 4.69) is 9.57 Å². The number of alkyl halides is 2. The lowest BCUT2D eigenvalue weighted by atomic mass is 10.1. The number of ether oxygens (including phenoxy) is 2. The van der Waals surface area contributed by atoms with Crippen LogP contribution in [0.1, 0.15) is 64.7 Å². The third-order valence-corrected chi connectivity index (χ3v) is 5.28. The minimum Gasteiger partial charge on any atom is -0.489 e. The number of hydrogen-bond acceptors (Lipinski definition) is 5. The highest BCUT2D eigenvalue weighted by Crippen LogP contribution is 2.33. The molecule has 210 valence electrons. The summed E-state index contributed by atoms with van der Waals surface area (Å²) in [6, 6.07) is 6.87. The molecule has 0 spiro atoms. The SMILES string of the molecule is CC.CC.CC.CONC(=O)c1cc(Cl)c(OC2CCN(c3ccc(OC(F)F)c(Cl)c3)CC2)cc1F. The van der Waals surface area contributed by atoms with Crippen molar-refractivity contribution in [3.8, 4) is 11.5 Å². The van der Waals surface area contributed by atoms with Crippen molar-refractivity contribution in [3.05, 3.63) is 51.8 Å². The fraction of sp³-hybridized carbons (Fsp3) is 0.500. The third-order valence-electron chi connectivity index (χ3n) is 4.69. The van der Waals surface area contributed by atoms with E-state index in [1.165, 1.54) is 19.2 Å². The quantitative estimate of drug-likeness (QED) is 0.341. The summed E-state index contributed by atoms with van der Waals surface area (Å²) in [6.07, 6.45) is 0.997. The number of nitrogens with one attached hydrogen (secondary N) is 1. The van der Waals surface area contributed by atoms with E-state index in [-0.39, 0.29) is 33.2 Å². The summed E-state index contributed by atoms with van der Waals surface area (Å²) in [5.41, 5.74) is 2.54. The van der Waals surface area contributed by atoms with Gasteiger partial charge in [-0.15, -0.1) is 0 Å². The van der Waals surface area contributed by atoms with Gasteiger partial charge in [0.2, 0.25) is 0 Å². The highest BCUT2D eigenvalue weighted by atomic mass is 35.5. The molecule has 0 radical (unpaired) electrons. The van der Waals surface area contributed by atoms with Crippen molar-refractivity contribution >= 4 is 34.8 Å². The van der Waals surface area contributed by atoms with Crippen molar-refractivity contribution < 1.29 is 32.3 Å². The van der Waals surface area contributed by atoms with Gasteiger partial charge in [-0.2, -0.15) is 8.78 Å². The Hall–Kier alpha value is -2.36. The largest absolute Gasteiger partial charge is 0.489 e. The summed E-state index contributed by atoms with van der Waals surface area (Å²) in [6.45, 7) is 10.3. The molecule has 11 heteroatoms. The second kappa shape index (κ2) is 18.8. The summed E-state index contributed by atoms with van der Waals surface area (Å²) in [5, 5.41) is 0.197. The van der Waals surface area contributed by atoms with Gasteiger partial charge in [0.1, 0.15) is 23.4 Å². The zero-order chi connectivity index (χ0) is 28.5. The van der Waals surface area contributed by atoms with Crippen LogP contribution in [0.5, 0.6) is 11.5 Å². The van der Waals surface area contributed by atoms with E-state index < -0.39 is 18.3 Å². The van der Waals surface area contributed by atoms with Crippen LogP contribution >= 0.6 is 23.2 Å². The second-order valence-electron chi connectivity index (χ2n) is 6.70. The van der Waals surface area contributed by atoms with Gasteiger partial charge in [0.05, 0.1) is 22.7 Å². The molecule has 3 rings (SSSR count). The van der Waals surface area contributed by atoms with E-state index in [1.807, 2.05) is 51.9 Å². The Kier molecular flexibility index (Phi) is 17.6. The summed E-state index contributed by atoms with van der Waals surface area (Å²) in [4.78, 5) is 18.3. The standard InChI is InChI=1S/C20H19Cl2F3N2O4.3C2H6/c1-29-26-19(28)13-9-15(22)18(10-16(13)23)30-12-4-6-27(7-5-12)11-2-3-17(14(21)8-11)31-20(24)25;3*1-2/h2-3,8-10,12,20H,4-7H2,1H3,(H,26,28);3*1-2H3. The van der Waals surface area contributed by atoms with Crippen LogP contribution in [0.15, 0.2) is 30.3 Å². The van der Waals surface area contributed by atoms with Crippen LogP contribution in [-0.4, -0.2) is 38.8 Å². The molecule has 37 heavy (non-hydrogen) atoms. The van der Waals surface area contributed by atoms with Gasteiger partial charge in [-0.3, -0.25) is 9.63 Å². The molecule has 1 aliphatic rings. The highest BCUT2D eigenvalue weighted by Gasteiger charge is 2.24. The van der Waals surface area contributed by atoms with Gasteiger partial charge in [0.15, 0.2) is 0 Å². The fourth-order valence-corrected chi connectivity index (χ4v) is 3.66. The molecule has 2 aromatic rings. The number of hydroxylamine groups is 1. The van der Waals surface area contributed by atoms with E-state index in [0.717, 1.165) is 11.8 Å². The summed E-state index contributed by atoms with van der Waals surface area (Å²) < 4.78 is 49.2. The number of hydrogen-bond donors (Lipinski definition) is 1. The Balaban J connectivity index is 0.00000201. The maximum absolute atomic E-state index is 14.3. The van der Waals surface area contributed by atoms with Crippen molar-refractivity contribution in [1.82, 2.24) is 5.48 Å². The number of carbonyl (C=O) groups is 1. The van der Waals surface area contributed by atoms with Crippen molar-refractivity contribution in [2.45, 2.75) is 67.1 Å². The first-order chi connectivity index (χ1) is 17.8. The van der Waals surface area contributed by atoms with Crippen LogP contribution < -0.4 is 19.9 Å². The van der Waals surface area contributed by atoms with Crippen LogP contribution in [0.2, 0.25) is 10.0 Å². The molecule has 1 aliphatic heterocycles. The molecular formula is C26H37Cl2F3N2O4. The van der Waals surface area contributed by atoms with Crippen LogP contribution in [0.25, 0.3) is 0 Å². The molecule has 1 amide bonds. The van der Waals surface area contributed by atoms with Crippen LogP contribution in [0, 0.1) is 5.82 Å². The molecular weight excluding hydrogens is 532 g/mol. The summed E-state index contributed by atoms with van der Waals surface area (Å²) in [5.74, 6) is -1.49. The van der Waals surface area contributed by atoms with Crippen molar-refractivity contribution in [2.75, 3.05) is 25.1 Å². The fourth-order valence-electron chi connectivity index (χ4n) is 3.23. The van der Waals surface area contributed by atoms with E-state index in [9.17, 15) is 18.0 Å². The van der Waals surface area contributed by atoms with Gasteiger partial charge in [0.25, 0.3) is 5.91 Å². The Labute approximate surface area is 227 Å². The molecule has 1 saturated heterocycles. The zero-order valence-corrected chi connectivity index (χ0v) is 23.9. The first kappa shape index (κ1) is 34.6. The Morgan fingerprint density at radius 2 is 1.54 bits per heavy atom. The van der Waals surface area contributed by atoms with Crippen LogP contribution in [0.4, 0.5) is 18.9 Å². The molecule has 1 heterocycles. The van der Waals surface area contributed by atoms with E-state index >= 15 is 0 Å². The van der Waals surface area contributed by atoms with E-state index in [0.29, 0.717) is 25.9 Å².